The normalized spacial score (nSPS) is 10.0. The summed E-state index contributed by atoms with van der Waals surface area (Å²) in [5.41, 5.74) is 4.89. The molecule has 0 radical (unpaired) electrons. The molecule has 2 N–H and O–H groups in total. The molecule has 0 aliphatic heterocycles. The van der Waals surface area contributed by atoms with Crippen molar-refractivity contribution in [3.63, 3.8) is 0 Å². The molecule has 0 spiro atoms. The van der Waals surface area contributed by atoms with E-state index in [1.807, 2.05) is 0 Å². The second-order valence-corrected chi connectivity index (χ2v) is 5.24. The van der Waals surface area contributed by atoms with Crippen molar-refractivity contribution in [1.29, 1.82) is 0 Å². The Balaban J connectivity index is 1.72. The van der Waals surface area contributed by atoms with Gasteiger partial charge in [-0.2, -0.15) is 0 Å². The quantitative estimate of drug-likeness (QED) is 0.578. The number of benzene rings is 2. The number of ether oxygens (including phenoxy) is 1. The highest BCUT2D eigenvalue weighted by atomic mass is 19.1. The molecule has 2 rings (SSSR count). The van der Waals surface area contributed by atoms with Crippen LogP contribution in [-0.2, 0) is 16.0 Å². The van der Waals surface area contributed by atoms with E-state index in [1.54, 1.807) is 12.1 Å². The fourth-order valence-corrected chi connectivity index (χ4v) is 2.02. The third-order valence-electron chi connectivity index (χ3n) is 3.32. The highest BCUT2D eigenvalue weighted by molar-refractivity contribution is 5.82. The maximum absolute atomic E-state index is 12.8. The Morgan fingerprint density at radius 3 is 2.38 bits per heavy atom. The number of amides is 2. The predicted octanol–water partition coefficient (Wildman–Crippen LogP) is 1.89. The Hall–Kier alpha value is -3.49. The van der Waals surface area contributed by atoms with Crippen molar-refractivity contribution in [2.75, 3.05) is 6.61 Å². The number of hydrogen-bond acceptors (Lipinski definition) is 5. The van der Waals surface area contributed by atoms with E-state index in [-0.39, 0.29) is 23.7 Å². The molecule has 0 bridgehead atoms. The third-order valence-corrected chi connectivity index (χ3v) is 3.32. The summed E-state index contributed by atoms with van der Waals surface area (Å²) in [6.07, 6.45) is 0.478. The van der Waals surface area contributed by atoms with Crippen molar-refractivity contribution in [2.24, 2.45) is 0 Å². The number of para-hydroxylation sites is 2. The van der Waals surface area contributed by atoms with Gasteiger partial charge in [0, 0.05) is 12.5 Å². The van der Waals surface area contributed by atoms with Gasteiger partial charge in [0.05, 0.1) is 4.92 Å². The van der Waals surface area contributed by atoms with Crippen molar-refractivity contribution in [3.8, 4) is 5.75 Å². The maximum Gasteiger partial charge on any atom is 0.310 e. The Kier molecular flexibility index (Phi) is 6.60. The van der Waals surface area contributed by atoms with E-state index in [4.69, 9.17) is 4.74 Å². The highest BCUT2D eigenvalue weighted by Crippen LogP contribution is 2.25. The Bertz CT molecular complexity index is 795. The number of nitro benzene ring substituents is 1. The summed E-state index contributed by atoms with van der Waals surface area (Å²) in [6, 6.07) is 11.4. The van der Waals surface area contributed by atoms with Gasteiger partial charge in [-0.1, -0.05) is 24.3 Å². The summed E-state index contributed by atoms with van der Waals surface area (Å²) in [4.78, 5) is 33.5. The number of hydrogen-bond donors (Lipinski definition) is 2. The Morgan fingerprint density at radius 2 is 1.69 bits per heavy atom. The molecule has 0 fully saturated rings. The van der Waals surface area contributed by atoms with Crippen LogP contribution in [0.2, 0.25) is 0 Å². The van der Waals surface area contributed by atoms with Crippen LogP contribution in [0.4, 0.5) is 10.1 Å². The first-order valence-electron chi connectivity index (χ1n) is 7.64. The minimum absolute atomic E-state index is 0.0460. The lowest BCUT2D eigenvalue weighted by Gasteiger charge is -2.09. The van der Waals surface area contributed by atoms with Crippen molar-refractivity contribution in [3.05, 3.63) is 70.0 Å². The molecule has 9 heteroatoms. The zero-order valence-electron chi connectivity index (χ0n) is 13.6. The van der Waals surface area contributed by atoms with Gasteiger partial charge in [-0.15, -0.1) is 0 Å². The van der Waals surface area contributed by atoms with Crippen molar-refractivity contribution in [1.82, 2.24) is 10.9 Å². The molecule has 0 unspecified atom stereocenters. The second kappa shape index (κ2) is 9.11. The third kappa shape index (κ3) is 5.86. The number of nitrogens with zero attached hydrogens (tertiary/aromatic N) is 1. The molecule has 0 aliphatic rings. The maximum atomic E-state index is 12.8. The van der Waals surface area contributed by atoms with Crippen LogP contribution in [0.15, 0.2) is 48.5 Å². The number of carbonyl (C=O) groups is 2. The van der Waals surface area contributed by atoms with E-state index in [0.29, 0.717) is 6.42 Å². The van der Waals surface area contributed by atoms with Crippen LogP contribution in [0.25, 0.3) is 0 Å². The Labute approximate surface area is 148 Å². The van der Waals surface area contributed by atoms with Crippen LogP contribution in [0.5, 0.6) is 5.75 Å². The van der Waals surface area contributed by atoms with E-state index in [1.165, 1.54) is 36.4 Å². The van der Waals surface area contributed by atoms with E-state index in [9.17, 15) is 24.1 Å². The number of hydrazine groups is 1. The molecule has 0 heterocycles. The molecule has 0 aliphatic carbocycles. The first-order chi connectivity index (χ1) is 12.5. The molecule has 2 aromatic carbocycles. The van der Waals surface area contributed by atoms with Gasteiger partial charge < -0.3 is 4.74 Å². The fraction of sp³-hybridized carbons (Fsp3) is 0.176. The molecule has 0 saturated heterocycles. The van der Waals surface area contributed by atoms with Gasteiger partial charge in [-0.05, 0) is 30.2 Å². The molecule has 2 aromatic rings. The summed E-state index contributed by atoms with van der Waals surface area (Å²) < 4.78 is 17.9. The van der Waals surface area contributed by atoms with E-state index < -0.39 is 23.3 Å². The highest BCUT2D eigenvalue weighted by Gasteiger charge is 2.15. The molecule has 0 atom stereocenters. The smallest absolute Gasteiger partial charge is 0.310 e. The van der Waals surface area contributed by atoms with E-state index >= 15 is 0 Å². The van der Waals surface area contributed by atoms with Crippen LogP contribution in [-0.4, -0.2) is 23.3 Å². The van der Waals surface area contributed by atoms with E-state index in [0.717, 1.165) is 5.56 Å². The number of nitrogens with one attached hydrogen (secondary N) is 2. The van der Waals surface area contributed by atoms with Crippen molar-refractivity contribution < 1.29 is 23.6 Å². The lowest BCUT2D eigenvalue weighted by atomic mass is 10.1. The number of aryl methyl sites for hydroxylation is 1. The molecule has 0 aromatic heterocycles. The zero-order valence-corrected chi connectivity index (χ0v) is 13.6. The average molecular weight is 361 g/mol. The number of rotatable bonds is 7. The summed E-state index contributed by atoms with van der Waals surface area (Å²) in [6.45, 7) is -0.497. The summed E-state index contributed by atoms with van der Waals surface area (Å²) in [7, 11) is 0. The monoisotopic (exact) mass is 361 g/mol. The molecule has 136 valence electrons. The predicted molar refractivity (Wildman–Crippen MR) is 89.6 cm³/mol. The summed E-state index contributed by atoms with van der Waals surface area (Å²) >= 11 is 0. The lowest BCUT2D eigenvalue weighted by Crippen LogP contribution is -2.43. The molecular formula is C17H16FN3O5. The number of halogens is 1. The van der Waals surface area contributed by atoms with Crippen LogP contribution in [0.1, 0.15) is 12.0 Å². The first kappa shape index (κ1) is 18.8. The van der Waals surface area contributed by atoms with Gasteiger partial charge in [0.2, 0.25) is 5.91 Å². The zero-order chi connectivity index (χ0) is 18.9. The standard InChI is InChI=1S/C17H16FN3O5/c18-13-8-5-12(6-9-13)7-10-16(22)19-20-17(23)11-26-15-4-2-1-3-14(15)21(24)25/h1-6,8-9H,7,10-11H2,(H,19,22)(H,20,23). The molecule has 8 nitrogen and oxygen atoms in total. The minimum atomic E-state index is -0.668. The average Bonchev–Trinajstić information content (AvgIpc) is 2.64. The number of carbonyl (C=O) groups excluding carboxylic acids is 2. The largest absolute Gasteiger partial charge is 0.477 e. The van der Waals surface area contributed by atoms with Crippen LogP contribution in [0, 0.1) is 15.9 Å². The van der Waals surface area contributed by atoms with Crippen LogP contribution in [0.3, 0.4) is 0 Å². The molecule has 0 saturated carbocycles. The van der Waals surface area contributed by atoms with Crippen molar-refractivity contribution >= 4 is 17.5 Å². The minimum Gasteiger partial charge on any atom is -0.477 e. The van der Waals surface area contributed by atoms with Crippen LogP contribution >= 0.6 is 0 Å². The fourth-order valence-electron chi connectivity index (χ4n) is 2.02. The number of nitro groups is 1. The van der Waals surface area contributed by atoms with Gasteiger partial charge in [-0.25, -0.2) is 4.39 Å². The van der Waals surface area contributed by atoms with Gasteiger partial charge in [-0.3, -0.25) is 30.6 Å². The second-order valence-electron chi connectivity index (χ2n) is 5.24. The van der Waals surface area contributed by atoms with Gasteiger partial charge in [0.25, 0.3) is 5.91 Å². The van der Waals surface area contributed by atoms with Gasteiger partial charge in [0.15, 0.2) is 12.4 Å². The Morgan fingerprint density at radius 1 is 1.04 bits per heavy atom. The lowest BCUT2D eigenvalue weighted by molar-refractivity contribution is -0.385. The molecule has 26 heavy (non-hydrogen) atoms. The summed E-state index contributed by atoms with van der Waals surface area (Å²) in [5, 5.41) is 10.8. The van der Waals surface area contributed by atoms with Crippen LogP contribution < -0.4 is 15.6 Å². The topological polar surface area (TPSA) is 111 Å². The van der Waals surface area contributed by atoms with Gasteiger partial charge >= 0.3 is 5.69 Å². The summed E-state index contributed by atoms with van der Waals surface area (Å²) in [5.74, 6) is -1.51. The first-order valence-corrected chi connectivity index (χ1v) is 7.64. The van der Waals surface area contributed by atoms with Crippen molar-refractivity contribution in [2.45, 2.75) is 12.8 Å². The van der Waals surface area contributed by atoms with Gasteiger partial charge in [0.1, 0.15) is 5.82 Å². The molecular weight excluding hydrogens is 345 g/mol. The van der Waals surface area contributed by atoms with E-state index in [2.05, 4.69) is 10.9 Å². The SMILES string of the molecule is O=C(CCc1ccc(F)cc1)NNC(=O)COc1ccccc1[N+](=O)[O-]. The molecule has 2 amide bonds.